The van der Waals surface area contributed by atoms with Gasteiger partial charge in [0.05, 0.1) is 11.1 Å². The monoisotopic (exact) mass is 302 g/mol. The number of fused-ring (bicyclic) bond motifs is 1. The van der Waals surface area contributed by atoms with Gasteiger partial charge in [0, 0.05) is 23.4 Å². The van der Waals surface area contributed by atoms with E-state index in [1.807, 2.05) is 31.2 Å². The van der Waals surface area contributed by atoms with E-state index in [-0.39, 0.29) is 5.78 Å². The number of para-hydroxylation sites is 1. The third kappa shape index (κ3) is 3.04. The molecule has 1 aromatic heterocycles. The van der Waals surface area contributed by atoms with Crippen molar-refractivity contribution in [3.8, 4) is 17.7 Å². The van der Waals surface area contributed by atoms with Gasteiger partial charge < -0.3 is 4.74 Å². The van der Waals surface area contributed by atoms with E-state index in [0.29, 0.717) is 34.7 Å². The van der Waals surface area contributed by atoms with Crippen LogP contribution in [0.25, 0.3) is 10.9 Å². The predicted octanol–water partition coefficient (Wildman–Crippen LogP) is 4.49. The maximum absolute atomic E-state index is 11.6. The van der Waals surface area contributed by atoms with E-state index in [0.717, 1.165) is 5.39 Å². The average Bonchev–Trinajstić information content (AvgIpc) is 2.61. The summed E-state index contributed by atoms with van der Waals surface area (Å²) in [7, 11) is 0. The van der Waals surface area contributed by atoms with E-state index in [1.54, 1.807) is 30.3 Å². The number of carbonyl (C=O) groups excluding carboxylic acids is 1. The van der Waals surface area contributed by atoms with Crippen molar-refractivity contribution in [1.29, 1.82) is 5.26 Å². The number of ether oxygens (including phenoxy) is 1. The smallest absolute Gasteiger partial charge is 0.221 e. The van der Waals surface area contributed by atoms with Gasteiger partial charge in [-0.1, -0.05) is 25.1 Å². The molecule has 4 heteroatoms. The fourth-order valence-electron chi connectivity index (χ4n) is 2.33. The lowest BCUT2D eigenvalue weighted by atomic mass is 10.1. The number of ketones is 1. The van der Waals surface area contributed by atoms with Crippen molar-refractivity contribution in [1.82, 2.24) is 4.98 Å². The Kier molecular flexibility index (Phi) is 4.03. The Morgan fingerprint density at radius 3 is 2.61 bits per heavy atom. The molecule has 0 unspecified atom stereocenters. The van der Waals surface area contributed by atoms with Gasteiger partial charge in [-0.15, -0.1) is 0 Å². The van der Waals surface area contributed by atoms with Crippen molar-refractivity contribution in [3.63, 3.8) is 0 Å². The fraction of sp³-hybridized carbons (Fsp3) is 0.105. The molecule has 0 aliphatic carbocycles. The molecule has 0 radical (unpaired) electrons. The number of aromatic nitrogens is 1. The topological polar surface area (TPSA) is 63.0 Å². The van der Waals surface area contributed by atoms with Crippen LogP contribution >= 0.6 is 0 Å². The second-order valence-corrected chi connectivity index (χ2v) is 5.04. The second-order valence-electron chi connectivity index (χ2n) is 5.04. The van der Waals surface area contributed by atoms with Gasteiger partial charge in [-0.25, -0.2) is 4.98 Å². The molecule has 0 bridgehead atoms. The minimum atomic E-state index is 0.0900. The molecule has 0 aliphatic heterocycles. The Balaban J connectivity index is 1.92. The van der Waals surface area contributed by atoms with Gasteiger partial charge in [0.2, 0.25) is 5.88 Å². The molecule has 0 aliphatic rings. The fourth-order valence-corrected chi connectivity index (χ4v) is 2.33. The molecule has 4 nitrogen and oxygen atoms in total. The van der Waals surface area contributed by atoms with E-state index in [4.69, 9.17) is 4.74 Å². The number of nitriles is 1. The van der Waals surface area contributed by atoms with E-state index in [9.17, 15) is 10.1 Å². The first-order chi connectivity index (χ1) is 11.2. The van der Waals surface area contributed by atoms with Gasteiger partial charge in [-0.3, -0.25) is 4.79 Å². The maximum Gasteiger partial charge on any atom is 0.221 e. The molecule has 112 valence electrons. The van der Waals surface area contributed by atoms with Crippen molar-refractivity contribution in [2.45, 2.75) is 13.3 Å². The molecule has 0 fully saturated rings. The van der Waals surface area contributed by atoms with E-state index < -0.39 is 0 Å². The normalized spacial score (nSPS) is 10.3. The summed E-state index contributed by atoms with van der Waals surface area (Å²) in [5, 5.41) is 10.1. The number of Topliss-reactive ketones (excluding diaryl/α,β-unsaturated/α-hetero) is 1. The van der Waals surface area contributed by atoms with Crippen LogP contribution in [0.1, 0.15) is 29.3 Å². The van der Waals surface area contributed by atoms with Crippen LogP contribution in [0.5, 0.6) is 11.6 Å². The lowest BCUT2D eigenvalue weighted by Gasteiger charge is -2.07. The van der Waals surface area contributed by atoms with Gasteiger partial charge in [0.15, 0.2) is 5.78 Å². The summed E-state index contributed by atoms with van der Waals surface area (Å²) in [6.45, 7) is 1.83. The van der Waals surface area contributed by atoms with Gasteiger partial charge in [-0.05, 0) is 30.3 Å². The highest BCUT2D eigenvalue weighted by molar-refractivity contribution is 5.95. The summed E-state index contributed by atoms with van der Waals surface area (Å²) in [5.41, 5.74) is 1.88. The standard InChI is InChI=1S/C19H14N2O2/c1-2-18(22)13-7-9-15(10-8-13)23-19-11-14(12-20)16-5-3-4-6-17(16)21-19/h3-11H,2H2,1H3. The first-order valence-corrected chi connectivity index (χ1v) is 7.32. The van der Waals surface area contributed by atoms with Gasteiger partial charge in [0.1, 0.15) is 11.8 Å². The van der Waals surface area contributed by atoms with Crippen molar-refractivity contribution in [2.75, 3.05) is 0 Å². The quantitative estimate of drug-likeness (QED) is 0.666. The second kappa shape index (κ2) is 6.29. The molecule has 3 rings (SSSR count). The molecule has 0 amide bonds. The number of pyridine rings is 1. The molecule has 3 aromatic rings. The van der Waals surface area contributed by atoms with Crippen molar-refractivity contribution < 1.29 is 9.53 Å². The molecule has 0 saturated heterocycles. The number of rotatable bonds is 4. The number of nitrogens with zero attached hydrogens (tertiary/aromatic N) is 2. The SMILES string of the molecule is CCC(=O)c1ccc(Oc2cc(C#N)c3ccccc3n2)cc1. The molecule has 0 N–H and O–H groups in total. The Morgan fingerprint density at radius 2 is 1.91 bits per heavy atom. The Bertz CT molecular complexity index is 909. The van der Waals surface area contributed by atoms with E-state index in [1.165, 1.54) is 0 Å². The van der Waals surface area contributed by atoms with Crippen LogP contribution in [0, 0.1) is 11.3 Å². The number of hydrogen-bond acceptors (Lipinski definition) is 4. The van der Waals surface area contributed by atoms with Gasteiger partial charge in [-0.2, -0.15) is 5.26 Å². The van der Waals surface area contributed by atoms with Crippen LogP contribution < -0.4 is 4.74 Å². The molecule has 1 heterocycles. The summed E-state index contributed by atoms with van der Waals surface area (Å²) in [6, 6.07) is 18.1. The van der Waals surface area contributed by atoms with Crippen molar-refractivity contribution in [2.24, 2.45) is 0 Å². The van der Waals surface area contributed by atoms with Crippen LogP contribution in [0.2, 0.25) is 0 Å². The van der Waals surface area contributed by atoms with E-state index >= 15 is 0 Å². The van der Waals surface area contributed by atoms with Crippen molar-refractivity contribution in [3.05, 3.63) is 65.7 Å². The summed E-state index contributed by atoms with van der Waals surface area (Å²) < 4.78 is 5.72. The van der Waals surface area contributed by atoms with Crippen LogP contribution in [0.3, 0.4) is 0 Å². The van der Waals surface area contributed by atoms with Gasteiger partial charge >= 0.3 is 0 Å². The van der Waals surface area contributed by atoms with Crippen LogP contribution in [0.15, 0.2) is 54.6 Å². The van der Waals surface area contributed by atoms with E-state index in [2.05, 4.69) is 11.1 Å². The summed E-state index contributed by atoms with van der Waals surface area (Å²) in [6.07, 6.45) is 0.470. The number of carbonyl (C=O) groups is 1. The molecule has 0 spiro atoms. The van der Waals surface area contributed by atoms with Gasteiger partial charge in [0.25, 0.3) is 0 Å². The molecular formula is C19H14N2O2. The molecule has 0 atom stereocenters. The van der Waals surface area contributed by atoms with Crippen LogP contribution in [0.4, 0.5) is 0 Å². The maximum atomic E-state index is 11.6. The summed E-state index contributed by atoms with van der Waals surface area (Å²) in [4.78, 5) is 16.0. The lowest BCUT2D eigenvalue weighted by molar-refractivity contribution is 0.0988. The average molecular weight is 302 g/mol. The zero-order valence-electron chi connectivity index (χ0n) is 12.6. The minimum absolute atomic E-state index is 0.0900. The third-order valence-electron chi connectivity index (χ3n) is 3.53. The zero-order chi connectivity index (χ0) is 16.2. The number of hydrogen-bond donors (Lipinski definition) is 0. The highest BCUT2D eigenvalue weighted by Crippen LogP contribution is 2.25. The zero-order valence-corrected chi connectivity index (χ0v) is 12.6. The van der Waals surface area contributed by atoms with Crippen LogP contribution in [-0.4, -0.2) is 10.8 Å². The predicted molar refractivity (Wildman–Crippen MR) is 87.6 cm³/mol. The highest BCUT2D eigenvalue weighted by Gasteiger charge is 2.08. The Labute approximate surface area is 134 Å². The first kappa shape index (κ1) is 14.7. The first-order valence-electron chi connectivity index (χ1n) is 7.32. The number of benzene rings is 2. The minimum Gasteiger partial charge on any atom is -0.439 e. The highest BCUT2D eigenvalue weighted by atomic mass is 16.5. The summed E-state index contributed by atoms with van der Waals surface area (Å²) in [5.74, 6) is 1.02. The van der Waals surface area contributed by atoms with Crippen molar-refractivity contribution >= 4 is 16.7 Å². The Morgan fingerprint density at radius 1 is 1.17 bits per heavy atom. The summed E-state index contributed by atoms with van der Waals surface area (Å²) >= 11 is 0. The third-order valence-corrected chi connectivity index (χ3v) is 3.53. The lowest BCUT2D eigenvalue weighted by Crippen LogP contribution is -1.96. The largest absolute Gasteiger partial charge is 0.439 e. The molecule has 23 heavy (non-hydrogen) atoms. The molecule has 0 saturated carbocycles. The molecular weight excluding hydrogens is 288 g/mol. The molecule has 2 aromatic carbocycles. The Hall–Kier alpha value is -3.19. The van der Waals surface area contributed by atoms with Crippen LogP contribution in [-0.2, 0) is 0 Å².